The Morgan fingerprint density at radius 2 is 1.94 bits per heavy atom. The van der Waals surface area contributed by atoms with Crippen molar-refractivity contribution in [1.82, 2.24) is 39.1 Å². The molecule has 1 amide bonds. The van der Waals surface area contributed by atoms with Gasteiger partial charge in [0.1, 0.15) is 5.65 Å². The molecule has 5 heterocycles. The average Bonchev–Trinajstić information content (AvgIpc) is 3.21. The van der Waals surface area contributed by atoms with E-state index in [0.29, 0.717) is 34.5 Å². The molecule has 1 N–H and O–H groups in total. The SMILES string of the molecule is O=C(NCc1nnc2ccc(Cl)cn12)c1cnn(Cc2cn3cc(C4CC4)ccc3n2)c1. The molecule has 0 spiro atoms. The molecule has 0 bridgehead atoms. The number of hydrogen-bond donors (Lipinski definition) is 1. The van der Waals surface area contributed by atoms with Crippen molar-refractivity contribution in [2.24, 2.45) is 0 Å². The second kappa shape index (κ2) is 7.45. The Hall–Kier alpha value is -3.72. The van der Waals surface area contributed by atoms with E-state index in [0.717, 1.165) is 11.3 Å². The summed E-state index contributed by atoms with van der Waals surface area (Å²) in [5.74, 6) is 1.06. The molecule has 1 saturated carbocycles. The van der Waals surface area contributed by atoms with Gasteiger partial charge in [0.15, 0.2) is 11.5 Å². The maximum atomic E-state index is 12.6. The Morgan fingerprint density at radius 1 is 1.06 bits per heavy atom. The molecule has 0 radical (unpaired) electrons. The normalized spacial score (nSPS) is 13.8. The highest BCUT2D eigenvalue weighted by Crippen LogP contribution is 2.39. The van der Waals surface area contributed by atoms with E-state index in [2.05, 4.69) is 48.3 Å². The summed E-state index contributed by atoms with van der Waals surface area (Å²) < 4.78 is 5.53. The number of rotatable bonds is 6. The monoisotopic (exact) mass is 446 g/mol. The molecule has 10 heteroatoms. The first kappa shape index (κ1) is 19.0. The number of carbonyl (C=O) groups is 1. The van der Waals surface area contributed by atoms with Crippen LogP contribution in [0.25, 0.3) is 11.3 Å². The molecule has 160 valence electrons. The van der Waals surface area contributed by atoms with Crippen molar-refractivity contribution < 1.29 is 4.79 Å². The number of aromatic nitrogens is 7. The van der Waals surface area contributed by atoms with Crippen LogP contribution in [0, 0.1) is 0 Å². The van der Waals surface area contributed by atoms with Crippen LogP contribution in [0.2, 0.25) is 5.02 Å². The van der Waals surface area contributed by atoms with Crippen molar-refractivity contribution >= 4 is 28.8 Å². The topological polar surface area (TPSA) is 94.4 Å². The van der Waals surface area contributed by atoms with Gasteiger partial charge in [-0.1, -0.05) is 17.7 Å². The Kier molecular flexibility index (Phi) is 4.43. The number of nitrogens with one attached hydrogen (secondary N) is 1. The lowest BCUT2D eigenvalue weighted by Gasteiger charge is -2.03. The van der Waals surface area contributed by atoms with E-state index in [-0.39, 0.29) is 12.5 Å². The van der Waals surface area contributed by atoms with Gasteiger partial charge < -0.3 is 9.72 Å². The molecular formula is C22H19ClN8O. The summed E-state index contributed by atoms with van der Waals surface area (Å²) in [6, 6.07) is 7.74. The number of imidazole rings is 1. The summed E-state index contributed by atoms with van der Waals surface area (Å²) in [5, 5.41) is 15.9. The van der Waals surface area contributed by atoms with Crippen LogP contribution >= 0.6 is 11.6 Å². The molecule has 32 heavy (non-hydrogen) atoms. The highest BCUT2D eigenvalue weighted by molar-refractivity contribution is 6.30. The van der Waals surface area contributed by atoms with Crippen molar-refractivity contribution in [2.75, 3.05) is 0 Å². The zero-order chi connectivity index (χ0) is 21.7. The summed E-state index contributed by atoms with van der Waals surface area (Å²) in [6.45, 7) is 0.711. The third-order valence-corrected chi connectivity index (χ3v) is 5.86. The highest BCUT2D eigenvalue weighted by atomic mass is 35.5. The van der Waals surface area contributed by atoms with E-state index in [1.165, 1.54) is 18.4 Å². The first-order valence-electron chi connectivity index (χ1n) is 10.4. The van der Waals surface area contributed by atoms with Crippen LogP contribution in [0.1, 0.15) is 46.2 Å². The standard InChI is InChI=1S/C22H19ClN8O/c23-17-4-6-20-27-28-21(31(20)11-17)8-24-22(32)16-7-25-30(10-16)13-18-12-29-9-15(14-1-2-14)3-5-19(29)26-18/h3-7,9-12,14H,1-2,8,13H2,(H,24,32). The second-order valence-corrected chi connectivity index (χ2v) is 8.47. The molecular weight excluding hydrogens is 428 g/mol. The molecule has 5 aromatic heterocycles. The summed E-state index contributed by atoms with van der Waals surface area (Å²) >= 11 is 6.04. The highest BCUT2D eigenvalue weighted by Gasteiger charge is 2.23. The Labute approximate surface area is 187 Å². The Bertz CT molecular complexity index is 1460. The lowest BCUT2D eigenvalue weighted by molar-refractivity contribution is 0.0949. The van der Waals surface area contributed by atoms with Gasteiger partial charge in [-0.15, -0.1) is 10.2 Å². The summed E-state index contributed by atoms with van der Waals surface area (Å²) in [7, 11) is 0. The minimum atomic E-state index is -0.237. The van der Waals surface area contributed by atoms with Crippen molar-refractivity contribution in [3.8, 4) is 0 Å². The first-order valence-corrected chi connectivity index (χ1v) is 10.8. The number of nitrogens with zero attached hydrogens (tertiary/aromatic N) is 7. The van der Waals surface area contributed by atoms with Gasteiger partial charge in [-0.25, -0.2) is 4.98 Å². The lowest BCUT2D eigenvalue weighted by Crippen LogP contribution is -2.23. The fourth-order valence-corrected chi connectivity index (χ4v) is 3.98. The second-order valence-electron chi connectivity index (χ2n) is 8.04. The number of halogens is 1. The zero-order valence-corrected chi connectivity index (χ0v) is 17.8. The molecule has 1 fully saturated rings. The fraction of sp³-hybridized carbons (Fsp3) is 0.227. The van der Waals surface area contributed by atoms with Crippen LogP contribution in [0.4, 0.5) is 0 Å². The molecule has 1 aliphatic carbocycles. The molecule has 0 aliphatic heterocycles. The quantitative estimate of drug-likeness (QED) is 0.432. The fourth-order valence-electron chi connectivity index (χ4n) is 3.82. The van der Waals surface area contributed by atoms with Crippen LogP contribution in [0.5, 0.6) is 0 Å². The summed E-state index contributed by atoms with van der Waals surface area (Å²) in [4.78, 5) is 17.3. The lowest BCUT2D eigenvalue weighted by atomic mass is 10.2. The van der Waals surface area contributed by atoms with E-state index in [4.69, 9.17) is 11.6 Å². The predicted octanol–water partition coefficient (Wildman–Crippen LogP) is 3.08. The van der Waals surface area contributed by atoms with Gasteiger partial charge >= 0.3 is 0 Å². The summed E-state index contributed by atoms with van der Waals surface area (Å²) in [6.07, 6.45) is 11.7. The van der Waals surface area contributed by atoms with E-state index in [1.807, 2.05) is 6.20 Å². The number of hydrogen-bond acceptors (Lipinski definition) is 5. The van der Waals surface area contributed by atoms with E-state index in [1.54, 1.807) is 39.8 Å². The first-order chi connectivity index (χ1) is 15.6. The largest absolute Gasteiger partial charge is 0.345 e. The number of fused-ring (bicyclic) bond motifs is 2. The van der Waals surface area contributed by atoms with Crippen molar-refractivity contribution in [3.05, 3.63) is 82.9 Å². The van der Waals surface area contributed by atoms with Gasteiger partial charge in [0.2, 0.25) is 0 Å². The van der Waals surface area contributed by atoms with Crippen LogP contribution in [-0.2, 0) is 13.1 Å². The van der Waals surface area contributed by atoms with Crippen LogP contribution < -0.4 is 5.32 Å². The smallest absolute Gasteiger partial charge is 0.254 e. The van der Waals surface area contributed by atoms with Crippen molar-refractivity contribution in [2.45, 2.75) is 31.8 Å². The third kappa shape index (κ3) is 3.60. The van der Waals surface area contributed by atoms with Gasteiger partial charge in [-0.05, 0) is 42.5 Å². The summed E-state index contributed by atoms with van der Waals surface area (Å²) in [5.41, 5.74) is 4.30. The van der Waals surface area contributed by atoms with Gasteiger partial charge in [-0.2, -0.15) is 5.10 Å². The van der Waals surface area contributed by atoms with E-state index in [9.17, 15) is 4.79 Å². The number of carbonyl (C=O) groups excluding carboxylic acids is 1. The molecule has 0 unspecified atom stereocenters. The molecule has 6 rings (SSSR count). The van der Waals surface area contributed by atoms with Gasteiger partial charge in [0, 0.05) is 24.8 Å². The van der Waals surface area contributed by atoms with Gasteiger partial charge in [0.25, 0.3) is 5.91 Å². The Balaban J connectivity index is 1.13. The van der Waals surface area contributed by atoms with Gasteiger partial charge in [0.05, 0.1) is 35.6 Å². The molecule has 1 aliphatic rings. The average molecular weight is 447 g/mol. The minimum Gasteiger partial charge on any atom is -0.345 e. The minimum absolute atomic E-state index is 0.223. The van der Waals surface area contributed by atoms with Crippen LogP contribution in [-0.4, -0.2) is 39.7 Å². The number of pyridine rings is 2. The van der Waals surface area contributed by atoms with E-state index < -0.39 is 0 Å². The van der Waals surface area contributed by atoms with E-state index >= 15 is 0 Å². The molecule has 9 nitrogen and oxygen atoms in total. The third-order valence-electron chi connectivity index (χ3n) is 5.64. The number of amides is 1. The molecule has 0 aromatic carbocycles. The van der Waals surface area contributed by atoms with Crippen LogP contribution in [0.15, 0.2) is 55.2 Å². The van der Waals surface area contributed by atoms with Crippen LogP contribution in [0.3, 0.4) is 0 Å². The maximum Gasteiger partial charge on any atom is 0.254 e. The van der Waals surface area contributed by atoms with Gasteiger partial charge in [-0.3, -0.25) is 13.9 Å². The van der Waals surface area contributed by atoms with Crippen molar-refractivity contribution in [3.63, 3.8) is 0 Å². The Morgan fingerprint density at radius 3 is 2.81 bits per heavy atom. The predicted molar refractivity (Wildman–Crippen MR) is 118 cm³/mol. The zero-order valence-electron chi connectivity index (χ0n) is 17.0. The molecule has 0 atom stereocenters. The molecule has 5 aromatic rings. The van der Waals surface area contributed by atoms with Crippen molar-refractivity contribution in [1.29, 1.82) is 0 Å². The maximum absolute atomic E-state index is 12.6. The molecule has 0 saturated heterocycles.